The van der Waals surface area contributed by atoms with Crippen LogP contribution in [0.3, 0.4) is 0 Å². The van der Waals surface area contributed by atoms with Crippen LogP contribution in [0, 0.1) is 13.8 Å². The lowest BCUT2D eigenvalue weighted by atomic mass is 10.1. The van der Waals surface area contributed by atoms with E-state index in [-0.39, 0.29) is 11.9 Å². The SMILES string of the molecule is CCCCN1CCC[C@H]1C(=O)Nc1c(C)cccc1C. The summed E-state index contributed by atoms with van der Waals surface area (Å²) < 4.78 is 0. The van der Waals surface area contributed by atoms with E-state index < -0.39 is 0 Å². The Labute approximate surface area is 122 Å². The summed E-state index contributed by atoms with van der Waals surface area (Å²) >= 11 is 0. The third-order valence-corrected chi connectivity index (χ3v) is 4.19. The van der Waals surface area contributed by atoms with Gasteiger partial charge in [-0.05, 0) is 57.3 Å². The van der Waals surface area contributed by atoms with Gasteiger partial charge in [0.05, 0.1) is 6.04 Å². The number of rotatable bonds is 5. The molecule has 110 valence electrons. The number of hydrogen-bond donors (Lipinski definition) is 1. The van der Waals surface area contributed by atoms with E-state index in [0.29, 0.717) is 0 Å². The number of unbranched alkanes of at least 4 members (excludes halogenated alkanes) is 1. The van der Waals surface area contributed by atoms with Gasteiger partial charge in [-0.3, -0.25) is 9.69 Å². The van der Waals surface area contributed by atoms with Crippen LogP contribution in [0.5, 0.6) is 0 Å². The van der Waals surface area contributed by atoms with Gasteiger partial charge >= 0.3 is 0 Å². The van der Waals surface area contributed by atoms with Crippen LogP contribution < -0.4 is 5.32 Å². The molecule has 3 nitrogen and oxygen atoms in total. The molecule has 1 amide bonds. The second-order valence-corrected chi connectivity index (χ2v) is 5.80. The molecule has 1 aliphatic heterocycles. The molecule has 1 N–H and O–H groups in total. The first kappa shape index (κ1) is 15.0. The van der Waals surface area contributed by atoms with Gasteiger partial charge in [0.2, 0.25) is 5.91 Å². The highest BCUT2D eigenvalue weighted by atomic mass is 16.2. The zero-order valence-electron chi connectivity index (χ0n) is 12.9. The first-order valence-corrected chi connectivity index (χ1v) is 7.74. The zero-order valence-corrected chi connectivity index (χ0v) is 12.9. The van der Waals surface area contributed by atoms with Crippen LogP contribution in [-0.2, 0) is 4.79 Å². The topological polar surface area (TPSA) is 32.3 Å². The number of nitrogens with zero attached hydrogens (tertiary/aromatic N) is 1. The summed E-state index contributed by atoms with van der Waals surface area (Å²) in [6.45, 7) is 8.40. The van der Waals surface area contributed by atoms with Crippen molar-refractivity contribution in [2.45, 2.75) is 52.5 Å². The molecular formula is C17H26N2O. The van der Waals surface area contributed by atoms with Crippen LogP contribution in [-0.4, -0.2) is 29.9 Å². The number of amides is 1. The molecule has 0 saturated carbocycles. The average Bonchev–Trinajstić information content (AvgIpc) is 2.89. The molecule has 20 heavy (non-hydrogen) atoms. The van der Waals surface area contributed by atoms with Gasteiger partial charge in [-0.1, -0.05) is 31.5 Å². The van der Waals surface area contributed by atoms with Gasteiger partial charge in [0.25, 0.3) is 0 Å². The first-order chi connectivity index (χ1) is 9.63. The fourth-order valence-corrected chi connectivity index (χ4v) is 2.97. The van der Waals surface area contributed by atoms with Gasteiger partial charge in [0, 0.05) is 5.69 Å². The monoisotopic (exact) mass is 274 g/mol. The molecular weight excluding hydrogens is 248 g/mol. The molecule has 0 bridgehead atoms. The molecule has 0 aliphatic carbocycles. The Morgan fingerprint density at radius 1 is 1.35 bits per heavy atom. The molecule has 1 aromatic carbocycles. The van der Waals surface area contributed by atoms with E-state index in [1.54, 1.807) is 0 Å². The quantitative estimate of drug-likeness (QED) is 0.891. The molecule has 1 aromatic rings. The van der Waals surface area contributed by atoms with Crippen LogP contribution >= 0.6 is 0 Å². The summed E-state index contributed by atoms with van der Waals surface area (Å²) in [6.07, 6.45) is 4.48. The maximum atomic E-state index is 12.5. The normalized spacial score (nSPS) is 19.2. The van der Waals surface area contributed by atoms with Gasteiger partial charge < -0.3 is 5.32 Å². The van der Waals surface area contributed by atoms with Crippen LogP contribution in [0.25, 0.3) is 0 Å². The maximum Gasteiger partial charge on any atom is 0.241 e. The molecule has 1 heterocycles. The second-order valence-electron chi connectivity index (χ2n) is 5.80. The Morgan fingerprint density at radius 3 is 2.70 bits per heavy atom. The van der Waals surface area contributed by atoms with Crippen LogP contribution in [0.2, 0.25) is 0 Å². The molecule has 0 unspecified atom stereocenters. The molecule has 1 saturated heterocycles. The average molecular weight is 274 g/mol. The molecule has 1 fully saturated rings. The van der Waals surface area contributed by atoms with Gasteiger partial charge in [-0.2, -0.15) is 0 Å². The predicted octanol–water partition coefficient (Wildman–Crippen LogP) is 3.51. The van der Waals surface area contributed by atoms with Crippen molar-refractivity contribution < 1.29 is 4.79 Å². The summed E-state index contributed by atoms with van der Waals surface area (Å²) in [6, 6.07) is 6.18. The van der Waals surface area contributed by atoms with E-state index in [2.05, 4.69) is 17.1 Å². The Balaban J connectivity index is 2.04. The Morgan fingerprint density at radius 2 is 2.05 bits per heavy atom. The molecule has 1 atom stereocenters. The van der Waals surface area contributed by atoms with Crippen molar-refractivity contribution in [1.29, 1.82) is 0 Å². The van der Waals surface area contributed by atoms with Crippen molar-refractivity contribution in [3.8, 4) is 0 Å². The molecule has 2 rings (SSSR count). The van der Waals surface area contributed by atoms with Crippen molar-refractivity contribution in [3.63, 3.8) is 0 Å². The fraction of sp³-hybridized carbons (Fsp3) is 0.588. The van der Waals surface area contributed by atoms with Gasteiger partial charge in [-0.25, -0.2) is 0 Å². The van der Waals surface area contributed by atoms with E-state index in [1.165, 1.54) is 12.8 Å². The number of para-hydroxylation sites is 1. The minimum atomic E-state index is 0.0561. The zero-order chi connectivity index (χ0) is 14.5. The van der Waals surface area contributed by atoms with E-state index >= 15 is 0 Å². The summed E-state index contributed by atoms with van der Waals surface area (Å²) in [5.74, 6) is 0.163. The number of likely N-dealkylation sites (tertiary alicyclic amines) is 1. The summed E-state index contributed by atoms with van der Waals surface area (Å²) in [5.41, 5.74) is 3.26. The van der Waals surface area contributed by atoms with E-state index in [0.717, 1.165) is 42.7 Å². The number of carbonyl (C=O) groups is 1. The summed E-state index contributed by atoms with van der Waals surface area (Å²) in [5, 5.41) is 3.15. The molecule has 0 radical (unpaired) electrons. The third kappa shape index (κ3) is 3.40. The van der Waals surface area contributed by atoms with Crippen molar-refractivity contribution in [2.75, 3.05) is 18.4 Å². The summed E-state index contributed by atoms with van der Waals surface area (Å²) in [7, 11) is 0. The van der Waals surface area contributed by atoms with Crippen LogP contribution in [0.15, 0.2) is 18.2 Å². The minimum Gasteiger partial charge on any atom is -0.324 e. The minimum absolute atomic E-state index is 0.0561. The number of carbonyl (C=O) groups excluding carboxylic acids is 1. The van der Waals surface area contributed by atoms with Crippen LogP contribution in [0.4, 0.5) is 5.69 Å². The Hall–Kier alpha value is -1.35. The number of aryl methyl sites for hydroxylation is 2. The fourth-order valence-electron chi connectivity index (χ4n) is 2.97. The van der Waals surface area contributed by atoms with Gasteiger partial charge in [0.1, 0.15) is 0 Å². The first-order valence-electron chi connectivity index (χ1n) is 7.74. The third-order valence-electron chi connectivity index (χ3n) is 4.19. The predicted molar refractivity (Wildman–Crippen MR) is 84.0 cm³/mol. The molecule has 0 aromatic heterocycles. The molecule has 3 heteroatoms. The van der Waals surface area contributed by atoms with E-state index in [1.807, 2.05) is 32.0 Å². The standard InChI is InChI=1S/C17H26N2O/c1-4-5-11-19-12-7-10-15(19)17(20)18-16-13(2)8-6-9-14(16)3/h6,8-9,15H,4-5,7,10-12H2,1-3H3,(H,18,20)/t15-/m0/s1. The molecule has 0 spiro atoms. The lowest BCUT2D eigenvalue weighted by molar-refractivity contribution is -0.120. The highest BCUT2D eigenvalue weighted by Crippen LogP contribution is 2.23. The van der Waals surface area contributed by atoms with Crippen LogP contribution in [0.1, 0.15) is 43.7 Å². The number of benzene rings is 1. The largest absolute Gasteiger partial charge is 0.324 e. The van der Waals surface area contributed by atoms with E-state index in [4.69, 9.17) is 0 Å². The smallest absolute Gasteiger partial charge is 0.241 e. The van der Waals surface area contributed by atoms with Crippen molar-refractivity contribution in [2.24, 2.45) is 0 Å². The number of nitrogens with one attached hydrogen (secondary N) is 1. The number of anilines is 1. The maximum absolute atomic E-state index is 12.5. The Bertz CT molecular complexity index is 450. The van der Waals surface area contributed by atoms with Gasteiger partial charge in [0.15, 0.2) is 0 Å². The van der Waals surface area contributed by atoms with Crippen molar-refractivity contribution >= 4 is 11.6 Å². The van der Waals surface area contributed by atoms with Crippen molar-refractivity contribution in [1.82, 2.24) is 4.90 Å². The van der Waals surface area contributed by atoms with Crippen molar-refractivity contribution in [3.05, 3.63) is 29.3 Å². The highest BCUT2D eigenvalue weighted by Gasteiger charge is 2.30. The van der Waals surface area contributed by atoms with E-state index in [9.17, 15) is 4.79 Å². The lowest BCUT2D eigenvalue weighted by Gasteiger charge is -2.24. The molecule has 1 aliphatic rings. The summed E-state index contributed by atoms with van der Waals surface area (Å²) in [4.78, 5) is 14.9. The lowest BCUT2D eigenvalue weighted by Crippen LogP contribution is -2.40. The second kappa shape index (κ2) is 6.89. The highest BCUT2D eigenvalue weighted by molar-refractivity contribution is 5.96. The Kier molecular flexibility index (Phi) is 5.18. The van der Waals surface area contributed by atoms with Gasteiger partial charge in [-0.15, -0.1) is 0 Å². The number of hydrogen-bond acceptors (Lipinski definition) is 2.